The summed E-state index contributed by atoms with van der Waals surface area (Å²) in [6.07, 6.45) is 3.11. The Hall–Kier alpha value is -1.26. The number of hydrogen-bond acceptors (Lipinski definition) is 3. The molecule has 1 atom stereocenters. The van der Waals surface area contributed by atoms with Gasteiger partial charge in [-0.1, -0.05) is 18.2 Å². The minimum absolute atomic E-state index is 0. The van der Waals surface area contributed by atoms with Crippen LogP contribution in [0.2, 0.25) is 0 Å². The molecule has 0 aliphatic carbocycles. The number of amides is 1. The van der Waals surface area contributed by atoms with E-state index < -0.39 is 0 Å². The Balaban J connectivity index is 0.00000180. The molecule has 1 aliphatic heterocycles. The van der Waals surface area contributed by atoms with Crippen molar-refractivity contribution in [3.63, 3.8) is 0 Å². The van der Waals surface area contributed by atoms with Crippen molar-refractivity contribution in [3.8, 4) is 5.75 Å². The third kappa shape index (κ3) is 4.40. The van der Waals surface area contributed by atoms with Crippen molar-refractivity contribution in [3.05, 3.63) is 29.8 Å². The van der Waals surface area contributed by atoms with Gasteiger partial charge >= 0.3 is 0 Å². The maximum absolute atomic E-state index is 11.8. The number of para-hydroxylation sites is 1. The summed E-state index contributed by atoms with van der Waals surface area (Å²) >= 11 is 0. The summed E-state index contributed by atoms with van der Waals surface area (Å²) in [7, 11) is 0. The minimum Gasteiger partial charge on any atom is -0.493 e. The number of halogens is 1. The van der Waals surface area contributed by atoms with Crippen molar-refractivity contribution in [1.82, 2.24) is 5.32 Å². The lowest BCUT2D eigenvalue weighted by Gasteiger charge is -2.18. The predicted octanol–water partition coefficient (Wildman–Crippen LogP) is 2.18. The Morgan fingerprint density at radius 1 is 1.42 bits per heavy atom. The van der Waals surface area contributed by atoms with Gasteiger partial charge in [0.2, 0.25) is 5.91 Å². The summed E-state index contributed by atoms with van der Waals surface area (Å²) in [6, 6.07) is 7.98. The molecule has 0 fully saturated rings. The Morgan fingerprint density at radius 2 is 2.21 bits per heavy atom. The zero-order valence-electron chi connectivity index (χ0n) is 10.9. The molecule has 1 aromatic rings. The van der Waals surface area contributed by atoms with E-state index in [2.05, 4.69) is 5.32 Å². The monoisotopic (exact) mass is 284 g/mol. The van der Waals surface area contributed by atoms with Crippen LogP contribution in [0.3, 0.4) is 0 Å². The van der Waals surface area contributed by atoms with E-state index in [1.807, 2.05) is 24.3 Å². The molecule has 0 aromatic heterocycles. The van der Waals surface area contributed by atoms with Crippen LogP contribution in [0.1, 0.15) is 37.3 Å². The fraction of sp³-hybridized carbons (Fsp3) is 0.500. The number of carbonyl (C=O) groups is 1. The normalized spacial score (nSPS) is 17.4. The molecule has 1 heterocycles. The SMILES string of the molecule is Cl.NCCCC(=O)NC1CCCOc2ccccc21. The molecular weight excluding hydrogens is 264 g/mol. The lowest BCUT2D eigenvalue weighted by atomic mass is 10.0. The largest absolute Gasteiger partial charge is 0.493 e. The first-order chi connectivity index (χ1) is 8.81. The van der Waals surface area contributed by atoms with Crippen molar-refractivity contribution >= 4 is 18.3 Å². The second-order valence-corrected chi connectivity index (χ2v) is 4.54. The highest BCUT2D eigenvalue weighted by molar-refractivity contribution is 5.85. The molecule has 0 saturated heterocycles. The highest BCUT2D eigenvalue weighted by Gasteiger charge is 2.20. The van der Waals surface area contributed by atoms with E-state index in [0.717, 1.165) is 30.6 Å². The van der Waals surface area contributed by atoms with E-state index in [-0.39, 0.29) is 24.4 Å². The van der Waals surface area contributed by atoms with Crippen molar-refractivity contribution in [2.75, 3.05) is 13.2 Å². The second-order valence-electron chi connectivity index (χ2n) is 4.54. The first-order valence-corrected chi connectivity index (χ1v) is 6.52. The topological polar surface area (TPSA) is 64.4 Å². The lowest BCUT2D eigenvalue weighted by molar-refractivity contribution is -0.121. The number of fused-ring (bicyclic) bond motifs is 1. The average Bonchev–Trinajstić information content (AvgIpc) is 2.59. The third-order valence-electron chi connectivity index (χ3n) is 3.13. The summed E-state index contributed by atoms with van der Waals surface area (Å²) in [6.45, 7) is 1.27. The molecular formula is C14H21ClN2O2. The molecule has 4 nitrogen and oxygen atoms in total. The fourth-order valence-electron chi connectivity index (χ4n) is 2.20. The van der Waals surface area contributed by atoms with Crippen molar-refractivity contribution in [2.24, 2.45) is 5.73 Å². The van der Waals surface area contributed by atoms with Crippen LogP contribution in [0.15, 0.2) is 24.3 Å². The Kier molecular flexibility index (Phi) is 6.67. The minimum atomic E-state index is 0. The molecule has 0 spiro atoms. The second kappa shape index (κ2) is 8.02. The highest BCUT2D eigenvalue weighted by Crippen LogP contribution is 2.31. The number of rotatable bonds is 4. The maximum Gasteiger partial charge on any atom is 0.220 e. The Labute approximate surface area is 120 Å². The highest BCUT2D eigenvalue weighted by atomic mass is 35.5. The summed E-state index contributed by atoms with van der Waals surface area (Å²) in [5.41, 5.74) is 6.49. The number of nitrogens with two attached hydrogens (primary N) is 1. The van der Waals surface area contributed by atoms with Gasteiger partial charge in [0.25, 0.3) is 0 Å². The smallest absolute Gasteiger partial charge is 0.220 e. The number of benzene rings is 1. The summed E-state index contributed by atoms with van der Waals surface area (Å²) < 4.78 is 5.67. The van der Waals surface area contributed by atoms with E-state index in [0.29, 0.717) is 19.6 Å². The van der Waals surface area contributed by atoms with Gasteiger partial charge in [0.15, 0.2) is 0 Å². The lowest BCUT2D eigenvalue weighted by Crippen LogP contribution is -2.28. The van der Waals surface area contributed by atoms with Gasteiger partial charge in [0.1, 0.15) is 5.75 Å². The van der Waals surface area contributed by atoms with Gasteiger partial charge in [0.05, 0.1) is 12.6 Å². The molecule has 3 N–H and O–H groups in total. The van der Waals surface area contributed by atoms with Gasteiger partial charge in [0, 0.05) is 12.0 Å². The summed E-state index contributed by atoms with van der Waals surface area (Å²) in [5, 5.41) is 3.08. The van der Waals surface area contributed by atoms with E-state index >= 15 is 0 Å². The van der Waals surface area contributed by atoms with Gasteiger partial charge in [-0.25, -0.2) is 0 Å². The van der Waals surface area contributed by atoms with Crippen LogP contribution >= 0.6 is 12.4 Å². The van der Waals surface area contributed by atoms with Crippen molar-refractivity contribution in [1.29, 1.82) is 0 Å². The zero-order chi connectivity index (χ0) is 12.8. The average molecular weight is 285 g/mol. The quantitative estimate of drug-likeness (QED) is 0.891. The van der Waals surface area contributed by atoms with Gasteiger partial charge in [-0.3, -0.25) is 4.79 Å². The third-order valence-corrected chi connectivity index (χ3v) is 3.13. The standard InChI is InChI=1S/C14H20N2O2.ClH/c15-9-3-8-14(17)16-12-6-4-10-18-13-7-2-1-5-11(12)13;/h1-2,5,7,12H,3-4,6,8-10,15H2,(H,16,17);1H. The fourth-order valence-corrected chi connectivity index (χ4v) is 2.20. The van der Waals surface area contributed by atoms with Crippen LogP contribution < -0.4 is 15.8 Å². The van der Waals surface area contributed by atoms with Crippen LogP contribution in [0, 0.1) is 0 Å². The van der Waals surface area contributed by atoms with Crippen LogP contribution in [0.4, 0.5) is 0 Å². The molecule has 1 unspecified atom stereocenters. The zero-order valence-corrected chi connectivity index (χ0v) is 11.7. The number of carbonyl (C=O) groups excluding carboxylic acids is 1. The van der Waals surface area contributed by atoms with Crippen LogP contribution in [0.25, 0.3) is 0 Å². The van der Waals surface area contributed by atoms with E-state index in [1.54, 1.807) is 0 Å². The molecule has 2 rings (SSSR count). The molecule has 1 amide bonds. The number of hydrogen-bond donors (Lipinski definition) is 2. The molecule has 19 heavy (non-hydrogen) atoms. The Morgan fingerprint density at radius 3 is 3.00 bits per heavy atom. The molecule has 1 aromatic carbocycles. The Bertz CT molecular complexity index is 412. The van der Waals surface area contributed by atoms with Crippen molar-refractivity contribution < 1.29 is 9.53 Å². The molecule has 0 bridgehead atoms. The number of ether oxygens (including phenoxy) is 1. The number of nitrogens with one attached hydrogen (secondary N) is 1. The van der Waals surface area contributed by atoms with E-state index in [4.69, 9.17) is 10.5 Å². The van der Waals surface area contributed by atoms with Crippen molar-refractivity contribution in [2.45, 2.75) is 31.7 Å². The van der Waals surface area contributed by atoms with Crippen LogP contribution in [-0.2, 0) is 4.79 Å². The van der Waals surface area contributed by atoms with Gasteiger partial charge in [-0.15, -0.1) is 12.4 Å². The molecule has 106 valence electrons. The molecule has 0 radical (unpaired) electrons. The molecule has 5 heteroatoms. The van der Waals surface area contributed by atoms with Crippen LogP contribution in [-0.4, -0.2) is 19.1 Å². The predicted molar refractivity (Wildman–Crippen MR) is 77.6 cm³/mol. The molecule has 0 saturated carbocycles. The molecule has 1 aliphatic rings. The first-order valence-electron chi connectivity index (χ1n) is 6.52. The van der Waals surface area contributed by atoms with Crippen LogP contribution in [0.5, 0.6) is 5.75 Å². The van der Waals surface area contributed by atoms with Gasteiger partial charge in [-0.05, 0) is 31.9 Å². The first kappa shape index (κ1) is 15.8. The summed E-state index contributed by atoms with van der Waals surface area (Å²) in [4.78, 5) is 11.8. The van der Waals surface area contributed by atoms with Gasteiger partial charge in [-0.2, -0.15) is 0 Å². The van der Waals surface area contributed by atoms with E-state index in [9.17, 15) is 4.79 Å². The van der Waals surface area contributed by atoms with E-state index in [1.165, 1.54) is 0 Å². The summed E-state index contributed by atoms with van der Waals surface area (Å²) in [5.74, 6) is 0.960. The maximum atomic E-state index is 11.8. The van der Waals surface area contributed by atoms with Gasteiger partial charge < -0.3 is 15.8 Å².